The molecular formula is C20H21ClN2O2S. The molecule has 2 aromatic heterocycles. The number of hydrogen-bond acceptors (Lipinski definition) is 3. The maximum Gasteiger partial charge on any atom is 0.268 e. The number of halogens is 1. The van der Waals surface area contributed by atoms with Crippen LogP contribution < -0.4 is 5.32 Å². The summed E-state index contributed by atoms with van der Waals surface area (Å²) in [5, 5.41) is 3.74. The van der Waals surface area contributed by atoms with Crippen molar-refractivity contribution in [2.24, 2.45) is 0 Å². The lowest BCUT2D eigenvalue weighted by atomic mass is 10.2. The summed E-state index contributed by atoms with van der Waals surface area (Å²) in [5.74, 6) is -0.0522. The summed E-state index contributed by atoms with van der Waals surface area (Å²) in [6, 6.07) is 11.9. The lowest BCUT2D eigenvalue weighted by Crippen LogP contribution is -2.33. The molecule has 0 saturated carbocycles. The molecule has 136 valence electrons. The van der Waals surface area contributed by atoms with E-state index in [-0.39, 0.29) is 12.0 Å². The Kier molecular flexibility index (Phi) is 5.02. The van der Waals surface area contributed by atoms with Crippen LogP contribution in [0.25, 0.3) is 10.2 Å². The molecule has 4 nitrogen and oxygen atoms in total. The second-order valence-electron chi connectivity index (χ2n) is 6.70. The molecule has 3 aromatic rings. The molecule has 1 atom stereocenters. The fourth-order valence-electron chi connectivity index (χ4n) is 3.44. The van der Waals surface area contributed by atoms with E-state index in [1.165, 1.54) is 4.88 Å². The summed E-state index contributed by atoms with van der Waals surface area (Å²) in [5.41, 5.74) is 2.85. The zero-order valence-electron chi connectivity index (χ0n) is 14.6. The molecule has 1 aromatic carbocycles. The molecule has 1 fully saturated rings. The molecule has 1 aliphatic rings. The first-order valence-corrected chi connectivity index (χ1v) is 10.0. The van der Waals surface area contributed by atoms with Crippen LogP contribution in [0.1, 0.15) is 33.8 Å². The number of hydrogen-bond donors (Lipinski definition) is 1. The van der Waals surface area contributed by atoms with Gasteiger partial charge in [0.1, 0.15) is 5.69 Å². The number of nitrogens with zero attached hydrogens (tertiary/aromatic N) is 1. The van der Waals surface area contributed by atoms with Crippen molar-refractivity contribution in [3.63, 3.8) is 0 Å². The van der Waals surface area contributed by atoms with E-state index in [1.807, 2.05) is 30.3 Å². The predicted octanol–water partition coefficient (Wildman–Crippen LogP) is 4.62. The lowest BCUT2D eigenvalue weighted by molar-refractivity contribution is 0.0851. The molecule has 6 heteroatoms. The maximum atomic E-state index is 12.8. The molecule has 3 heterocycles. The summed E-state index contributed by atoms with van der Waals surface area (Å²) in [6.07, 6.45) is 2.22. The van der Waals surface area contributed by atoms with Gasteiger partial charge in [-0.25, -0.2) is 0 Å². The Morgan fingerprint density at radius 1 is 1.38 bits per heavy atom. The summed E-state index contributed by atoms with van der Waals surface area (Å²) < 4.78 is 8.81. The fourth-order valence-corrected chi connectivity index (χ4v) is 4.62. The molecular weight excluding hydrogens is 368 g/mol. The minimum Gasteiger partial charge on any atom is -0.376 e. The third-order valence-electron chi connectivity index (χ3n) is 4.69. The van der Waals surface area contributed by atoms with Crippen LogP contribution in [0, 0.1) is 6.92 Å². The third-order valence-corrected chi connectivity index (χ3v) is 5.91. The monoisotopic (exact) mass is 388 g/mol. The first-order valence-electron chi connectivity index (χ1n) is 8.84. The summed E-state index contributed by atoms with van der Waals surface area (Å²) >= 11 is 7.84. The minimum atomic E-state index is -0.0522. The van der Waals surface area contributed by atoms with Crippen molar-refractivity contribution in [2.45, 2.75) is 32.4 Å². The number of ether oxygens (including phenoxy) is 1. The highest BCUT2D eigenvalue weighted by Gasteiger charge is 2.20. The molecule has 0 radical (unpaired) electrons. The topological polar surface area (TPSA) is 43.3 Å². The molecule has 0 unspecified atom stereocenters. The number of carbonyl (C=O) groups excluding carboxylic acids is 1. The largest absolute Gasteiger partial charge is 0.376 e. The third kappa shape index (κ3) is 3.65. The average Bonchev–Trinajstić information content (AvgIpc) is 3.31. The summed E-state index contributed by atoms with van der Waals surface area (Å²) in [4.78, 5) is 14.1. The van der Waals surface area contributed by atoms with E-state index in [0.29, 0.717) is 23.8 Å². The van der Waals surface area contributed by atoms with Crippen LogP contribution in [0.15, 0.2) is 36.4 Å². The summed E-state index contributed by atoms with van der Waals surface area (Å²) in [7, 11) is 0. The Morgan fingerprint density at radius 3 is 3.04 bits per heavy atom. The van der Waals surface area contributed by atoms with Gasteiger partial charge in [0.2, 0.25) is 0 Å². The van der Waals surface area contributed by atoms with Gasteiger partial charge in [0.15, 0.2) is 0 Å². The molecule has 4 rings (SSSR count). The van der Waals surface area contributed by atoms with E-state index < -0.39 is 0 Å². The average molecular weight is 389 g/mol. The van der Waals surface area contributed by atoms with E-state index in [1.54, 1.807) is 11.3 Å². The van der Waals surface area contributed by atoms with Crippen LogP contribution in [0.5, 0.6) is 0 Å². The van der Waals surface area contributed by atoms with Gasteiger partial charge in [-0.05, 0) is 49.6 Å². The van der Waals surface area contributed by atoms with Gasteiger partial charge in [-0.2, -0.15) is 0 Å². The lowest BCUT2D eigenvalue weighted by Gasteiger charge is -2.13. The normalized spacial score (nSPS) is 17.1. The van der Waals surface area contributed by atoms with Gasteiger partial charge in [0, 0.05) is 29.6 Å². The minimum absolute atomic E-state index is 0.0522. The zero-order chi connectivity index (χ0) is 18.1. The zero-order valence-corrected chi connectivity index (χ0v) is 16.2. The number of aryl methyl sites for hydroxylation is 1. The standard InChI is InChI=1S/C20H21ClN2O2S/c1-13-8-17-19(26-13)10-18(20(24)22-11-16-6-3-7-25-16)23(17)12-14-4-2-5-15(21)9-14/h2,4-5,8-10,16H,3,6-7,11-12H2,1H3,(H,22,24)/t16-/m1/s1. The highest BCUT2D eigenvalue weighted by Crippen LogP contribution is 2.29. The second-order valence-corrected chi connectivity index (χ2v) is 8.42. The Morgan fingerprint density at radius 2 is 2.27 bits per heavy atom. The van der Waals surface area contributed by atoms with Gasteiger partial charge < -0.3 is 14.6 Å². The van der Waals surface area contributed by atoms with Crippen molar-refractivity contribution >= 4 is 39.1 Å². The van der Waals surface area contributed by atoms with Crippen LogP contribution in [0.4, 0.5) is 0 Å². The highest BCUT2D eigenvalue weighted by atomic mass is 35.5. The van der Waals surface area contributed by atoms with Gasteiger partial charge in [-0.15, -0.1) is 11.3 Å². The maximum absolute atomic E-state index is 12.8. The van der Waals surface area contributed by atoms with E-state index in [0.717, 1.165) is 35.2 Å². The van der Waals surface area contributed by atoms with Crippen molar-refractivity contribution in [3.05, 3.63) is 57.6 Å². The number of rotatable bonds is 5. The quantitative estimate of drug-likeness (QED) is 0.692. The molecule has 0 spiro atoms. The van der Waals surface area contributed by atoms with Crippen molar-refractivity contribution in [1.29, 1.82) is 0 Å². The van der Waals surface area contributed by atoms with Crippen molar-refractivity contribution in [1.82, 2.24) is 9.88 Å². The highest BCUT2D eigenvalue weighted by molar-refractivity contribution is 7.19. The van der Waals surface area contributed by atoms with Gasteiger partial charge in [0.05, 0.1) is 16.3 Å². The van der Waals surface area contributed by atoms with Crippen molar-refractivity contribution in [2.75, 3.05) is 13.2 Å². The first-order chi connectivity index (χ1) is 12.6. The van der Waals surface area contributed by atoms with E-state index >= 15 is 0 Å². The molecule has 0 aliphatic carbocycles. The Balaban J connectivity index is 1.62. The number of fused-ring (bicyclic) bond motifs is 1. The first kappa shape index (κ1) is 17.6. The van der Waals surface area contributed by atoms with E-state index in [4.69, 9.17) is 16.3 Å². The fraction of sp³-hybridized carbons (Fsp3) is 0.350. The van der Waals surface area contributed by atoms with E-state index in [9.17, 15) is 4.79 Å². The SMILES string of the molecule is Cc1cc2c(cc(C(=O)NC[C@H]3CCCO3)n2Cc2cccc(Cl)c2)s1. The van der Waals surface area contributed by atoms with E-state index in [2.05, 4.69) is 22.9 Å². The number of aromatic nitrogens is 1. The van der Waals surface area contributed by atoms with Crippen LogP contribution in [0.3, 0.4) is 0 Å². The molecule has 26 heavy (non-hydrogen) atoms. The molecule has 1 saturated heterocycles. The van der Waals surface area contributed by atoms with Crippen LogP contribution in [0.2, 0.25) is 5.02 Å². The van der Waals surface area contributed by atoms with Crippen LogP contribution in [-0.2, 0) is 11.3 Å². The van der Waals surface area contributed by atoms with Gasteiger partial charge >= 0.3 is 0 Å². The van der Waals surface area contributed by atoms with Crippen molar-refractivity contribution in [3.8, 4) is 0 Å². The smallest absolute Gasteiger partial charge is 0.268 e. The predicted molar refractivity (Wildman–Crippen MR) is 106 cm³/mol. The number of carbonyl (C=O) groups is 1. The molecule has 1 amide bonds. The molecule has 1 N–H and O–H groups in total. The summed E-state index contributed by atoms with van der Waals surface area (Å²) in [6.45, 7) is 4.06. The van der Waals surface area contributed by atoms with Crippen LogP contribution in [-0.4, -0.2) is 29.7 Å². The number of thiophene rings is 1. The number of amides is 1. The molecule has 1 aliphatic heterocycles. The van der Waals surface area contributed by atoms with Gasteiger partial charge in [0.25, 0.3) is 5.91 Å². The number of benzene rings is 1. The van der Waals surface area contributed by atoms with Gasteiger partial charge in [-0.3, -0.25) is 4.79 Å². The number of nitrogens with one attached hydrogen (secondary N) is 1. The Labute approximate surface area is 161 Å². The van der Waals surface area contributed by atoms with Gasteiger partial charge in [-0.1, -0.05) is 23.7 Å². The Hall–Kier alpha value is -1.82. The molecule has 0 bridgehead atoms. The second kappa shape index (κ2) is 7.43. The van der Waals surface area contributed by atoms with Crippen LogP contribution >= 0.6 is 22.9 Å². The Bertz CT molecular complexity index is 941. The van der Waals surface area contributed by atoms with Crippen molar-refractivity contribution < 1.29 is 9.53 Å².